The summed E-state index contributed by atoms with van der Waals surface area (Å²) in [5, 5.41) is 7.80. The van der Waals surface area contributed by atoms with Gasteiger partial charge in [0.15, 0.2) is 0 Å². The number of hydrogen-bond donors (Lipinski definition) is 1. The van der Waals surface area contributed by atoms with Crippen molar-refractivity contribution in [3.05, 3.63) is 18.1 Å². The zero-order valence-corrected chi connectivity index (χ0v) is 13.8. The zero-order chi connectivity index (χ0) is 16.0. The standard InChI is InChI=1S/C15H23N5O2/c1-14(2)7-11(15(3,4)22-14)19-12-6-10(8-21-5)18-13-16-9-17-20(12)13/h6,9,11,19H,7-8H2,1-5H3. The fraction of sp³-hybridized carbons (Fsp3) is 0.667. The molecular weight excluding hydrogens is 282 g/mol. The lowest BCUT2D eigenvalue weighted by atomic mass is 9.94. The maximum absolute atomic E-state index is 6.14. The molecule has 1 aliphatic heterocycles. The highest BCUT2D eigenvalue weighted by Gasteiger charge is 2.46. The van der Waals surface area contributed by atoms with Crippen molar-refractivity contribution in [3.8, 4) is 0 Å². The summed E-state index contributed by atoms with van der Waals surface area (Å²) >= 11 is 0. The van der Waals surface area contributed by atoms with Crippen molar-refractivity contribution in [2.24, 2.45) is 0 Å². The molecule has 1 fully saturated rings. The minimum Gasteiger partial charge on any atom is -0.378 e. The van der Waals surface area contributed by atoms with E-state index in [0.29, 0.717) is 12.4 Å². The van der Waals surface area contributed by atoms with Crippen molar-refractivity contribution in [2.75, 3.05) is 12.4 Å². The quantitative estimate of drug-likeness (QED) is 0.931. The van der Waals surface area contributed by atoms with Gasteiger partial charge in [0.2, 0.25) is 0 Å². The van der Waals surface area contributed by atoms with Crippen LogP contribution >= 0.6 is 0 Å². The average molecular weight is 305 g/mol. The average Bonchev–Trinajstić information content (AvgIpc) is 2.92. The number of nitrogens with zero attached hydrogens (tertiary/aromatic N) is 4. The fourth-order valence-corrected chi connectivity index (χ4v) is 3.15. The van der Waals surface area contributed by atoms with Crippen LogP contribution in [0.25, 0.3) is 5.78 Å². The number of hydrogen-bond acceptors (Lipinski definition) is 6. The largest absolute Gasteiger partial charge is 0.378 e. The molecule has 0 aliphatic carbocycles. The van der Waals surface area contributed by atoms with Crippen LogP contribution in [0.1, 0.15) is 39.8 Å². The van der Waals surface area contributed by atoms with Gasteiger partial charge in [-0.25, -0.2) is 4.98 Å². The maximum Gasteiger partial charge on any atom is 0.254 e. The van der Waals surface area contributed by atoms with E-state index in [4.69, 9.17) is 9.47 Å². The summed E-state index contributed by atoms with van der Waals surface area (Å²) in [5.74, 6) is 1.42. The molecule has 2 aromatic rings. The third kappa shape index (κ3) is 2.78. The molecule has 1 aliphatic rings. The summed E-state index contributed by atoms with van der Waals surface area (Å²) in [5.41, 5.74) is 0.410. The van der Waals surface area contributed by atoms with Gasteiger partial charge >= 0.3 is 0 Å². The molecule has 0 saturated carbocycles. The highest BCUT2D eigenvalue weighted by molar-refractivity contribution is 5.46. The summed E-state index contributed by atoms with van der Waals surface area (Å²) in [6.07, 6.45) is 2.42. The Hall–Kier alpha value is -1.73. The Balaban J connectivity index is 1.94. The number of fused-ring (bicyclic) bond motifs is 1. The van der Waals surface area contributed by atoms with Gasteiger partial charge in [-0.2, -0.15) is 14.6 Å². The first-order valence-electron chi connectivity index (χ1n) is 7.46. The number of rotatable bonds is 4. The minimum absolute atomic E-state index is 0.148. The van der Waals surface area contributed by atoms with Crippen LogP contribution in [0.2, 0.25) is 0 Å². The van der Waals surface area contributed by atoms with E-state index in [1.54, 1.807) is 11.6 Å². The second kappa shape index (κ2) is 5.17. The van der Waals surface area contributed by atoms with E-state index in [1.165, 1.54) is 6.33 Å². The molecule has 0 amide bonds. The second-order valence-electron chi connectivity index (χ2n) is 6.90. The van der Waals surface area contributed by atoms with Crippen molar-refractivity contribution in [1.82, 2.24) is 19.6 Å². The summed E-state index contributed by atoms with van der Waals surface area (Å²) < 4.78 is 13.0. The van der Waals surface area contributed by atoms with Crippen LogP contribution in [-0.4, -0.2) is 43.9 Å². The van der Waals surface area contributed by atoms with Crippen molar-refractivity contribution in [2.45, 2.75) is 58.0 Å². The first-order valence-corrected chi connectivity index (χ1v) is 7.46. The van der Waals surface area contributed by atoms with Gasteiger partial charge in [0.1, 0.15) is 12.1 Å². The van der Waals surface area contributed by atoms with Gasteiger partial charge in [-0.05, 0) is 34.1 Å². The summed E-state index contributed by atoms with van der Waals surface area (Å²) in [6, 6.07) is 2.12. The van der Waals surface area contributed by atoms with Crippen LogP contribution in [0.15, 0.2) is 12.4 Å². The Labute approximate surface area is 130 Å². The van der Waals surface area contributed by atoms with Crippen LogP contribution in [0.4, 0.5) is 5.82 Å². The molecule has 0 bridgehead atoms. The molecule has 1 atom stereocenters. The van der Waals surface area contributed by atoms with Gasteiger partial charge in [0, 0.05) is 13.2 Å². The Morgan fingerprint density at radius 1 is 1.41 bits per heavy atom. The topological polar surface area (TPSA) is 73.6 Å². The van der Waals surface area contributed by atoms with E-state index in [2.05, 4.69) is 48.1 Å². The summed E-state index contributed by atoms with van der Waals surface area (Å²) in [7, 11) is 1.65. The van der Waals surface area contributed by atoms with Crippen molar-refractivity contribution < 1.29 is 9.47 Å². The Morgan fingerprint density at radius 3 is 2.82 bits per heavy atom. The summed E-state index contributed by atoms with van der Waals surface area (Å²) in [6.45, 7) is 8.88. The van der Waals surface area contributed by atoms with Crippen molar-refractivity contribution >= 4 is 11.6 Å². The van der Waals surface area contributed by atoms with Gasteiger partial charge in [-0.3, -0.25) is 0 Å². The van der Waals surface area contributed by atoms with Gasteiger partial charge in [0.25, 0.3) is 5.78 Å². The minimum atomic E-state index is -0.263. The predicted octanol–water partition coefficient (Wildman–Crippen LogP) is 2.03. The van der Waals surface area contributed by atoms with Crippen LogP contribution < -0.4 is 5.32 Å². The van der Waals surface area contributed by atoms with Crippen molar-refractivity contribution in [1.29, 1.82) is 0 Å². The maximum atomic E-state index is 6.14. The Bertz CT molecular complexity index is 680. The van der Waals surface area contributed by atoms with E-state index in [9.17, 15) is 0 Å². The second-order valence-corrected chi connectivity index (χ2v) is 6.90. The number of anilines is 1. The lowest BCUT2D eigenvalue weighted by molar-refractivity contribution is -0.0662. The third-order valence-electron chi connectivity index (χ3n) is 3.99. The van der Waals surface area contributed by atoms with Crippen LogP contribution in [-0.2, 0) is 16.1 Å². The fourth-order valence-electron chi connectivity index (χ4n) is 3.15. The molecule has 0 radical (unpaired) electrons. The summed E-state index contributed by atoms with van der Waals surface area (Å²) in [4.78, 5) is 8.59. The van der Waals surface area contributed by atoms with E-state index in [-0.39, 0.29) is 17.2 Å². The normalized spacial score (nSPS) is 23.0. The first kappa shape index (κ1) is 15.2. The van der Waals surface area contributed by atoms with E-state index in [0.717, 1.165) is 17.9 Å². The van der Waals surface area contributed by atoms with E-state index < -0.39 is 0 Å². The monoisotopic (exact) mass is 305 g/mol. The number of ether oxygens (including phenoxy) is 2. The van der Waals surface area contributed by atoms with Crippen LogP contribution in [0.5, 0.6) is 0 Å². The van der Waals surface area contributed by atoms with Crippen molar-refractivity contribution in [3.63, 3.8) is 0 Å². The van der Waals surface area contributed by atoms with Gasteiger partial charge in [0.05, 0.1) is 29.5 Å². The van der Waals surface area contributed by atoms with Gasteiger partial charge in [-0.15, -0.1) is 0 Å². The lowest BCUT2D eigenvalue weighted by Gasteiger charge is -2.28. The van der Waals surface area contributed by atoms with E-state index in [1.807, 2.05) is 6.07 Å². The number of aromatic nitrogens is 4. The highest BCUT2D eigenvalue weighted by Crippen LogP contribution is 2.38. The molecule has 2 aromatic heterocycles. The molecule has 0 aromatic carbocycles. The number of nitrogens with one attached hydrogen (secondary N) is 1. The smallest absolute Gasteiger partial charge is 0.254 e. The molecule has 7 nitrogen and oxygen atoms in total. The molecule has 0 spiro atoms. The molecule has 120 valence electrons. The van der Waals surface area contributed by atoms with Crippen LogP contribution in [0, 0.1) is 0 Å². The molecule has 22 heavy (non-hydrogen) atoms. The highest BCUT2D eigenvalue weighted by atomic mass is 16.5. The number of methoxy groups -OCH3 is 1. The van der Waals surface area contributed by atoms with Gasteiger partial charge in [-0.1, -0.05) is 0 Å². The molecule has 1 unspecified atom stereocenters. The van der Waals surface area contributed by atoms with Gasteiger partial charge < -0.3 is 14.8 Å². The molecule has 1 saturated heterocycles. The molecule has 7 heteroatoms. The van der Waals surface area contributed by atoms with Crippen LogP contribution in [0.3, 0.4) is 0 Å². The Morgan fingerprint density at radius 2 is 2.18 bits per heavy atom. The van der Waals surface area contributed by atoms with E-state index >= 15 is 0 Å². The molecule has 1 N–H and O–H groups in total. The first-order chi connectivity index (χ1) is 10.3. The predicted molar refractivity (Wildman–Crippen MR) is 82.8 cm³/mol. The lowest BCUT2D eigenvalue weighted by Crippen LogP contribution is -2.38. The molecular formula is C15H23N5O2. The SMILES string of the molecule is COCc1cc(NC2CC(C)(C)OC2(C)C)n2ncnc2n1. The Kier molecular flexibility index (Phi) is 3.57. The third-order valence-corrected chi connectivity index (χ3v) is 3.99. The molecule has 3 heterocycles. The molecule has 3 rings (SSSR count). The zero-order valence-electron chi connectivity index (χ0n) is 13.8.